The van der Waals surface area contributed by atoms with Gasteiger partial charge in [0.15, 0.2) is 22.7 Å². The fourth-order valence-electron chi connectivity index (χ4n) is 7.16. The Morgan fingerprint density at radius 2 is 1.92 bits per heavy atom. The summed E-state index contributed by atoms with van der Waals surface area (Å²) in [5.41, 5.74) is -1.14. The Morgan fingerprint density at radius 1 is 1.17 bits per heavy atom. The van der Waals surface area contributed by atoms with E-state index in [2.05, 4.69) is 15.3 Å². The van der Waals surface area contributed by atoms with Crippen LogP contribution < -0.4 is 15.6 Å². The Kier molecular flexibility index (Phi) is 7.98. The minimum Gasteiger partial charge on any atom is -0.504 e. The first-order valence-electron chi connectivity index (χ1n) is 15.8. The molecule has 13 nitrogen and oxygen atoms in total. The SMILES string of the molecule is CCc1c(N2CCN(C(=O)c3ncnc(C)c3O)CC2)c(=O)c2sc(C3=CCOCC3)nc2n1CC(=O)NC12COC(C(F)(F)F)(C1)C2. The number of aromatic nitrogens is 4. The molecule has 1 aliphatic carbocycles. The third kappa shape index (κ3) is 5.31. The van der Waals surface area contributed by atoms with Gasteiger partial charge in [0.05, 0.1) is 31.1 Å². The minimum atomic E-state index is -4.52. The van der Waals surface area contributed by atoms with Gasteiger partial charge in [0.1, 0.15) is 28.3 Å². The van der Waals surface area contributed by atoms with E-state index in [1.54, 1.807) is 16.4 Å². The molecule has 3 aromatic heterocycles. The predicted molar refractivity (Wildman–Crippen MR) is 168 cm³/mol. The number of anilines is 1. The van der Waals surface area contributed by atoms with Gasteiger partial charge in [-0.2, -0.15) is 13.2 Å². The molecule has 5 aliphatic rings. The molecule has 7 heterocycles. The van der Waals surface area contributed by atoms with Gasteiger partial charge in [-0.3, -0.25) is 14.4 Å². The Hall–Kier alpha value is -4.09. The number of aryl methyl sites for hydroxylation is 1. The van der Waals surface area contributed by atoms with Crippen LogP contribution in [0.25, 0.3) is 15.9 Å². The molecule has 4 aliphatic heterocycles. The summed E-state index contributed by atoms with van der Waals surface area (Å²) in [5, 5.41) is 13.8. The third-order valence-corrected chi connectivity index (χ3v) is 10.8. The van der Waals surface area contributed by atoms with Crippen molar-refractivity contribution in [3.63, 3.8) is 0 Å². The van der Waals surface area contributed by atoms with Crippen LogP contribution in [0, 0.1) is 6.92 Å². The number of nitrogens with zero attached hydrogens (tertiary/aromatic N) is 6. The molecule has 2 N–H and O–H groups in total. The van der Waals surface area contributed by atoms with Crippen molar-refractivity contribution in [1.29, 1.82) is 0 Å². The van der Waals surface area contributed by atoms with E-state index < -0.39 is 29.1 Å². The van der Waals surface area contributed by atoms with Crippen LogP contribution in [0.5, 0.6) is 5.75 Å². The van der Waals surface area contributed by atoms with Crippen molar-refractivity contribution in [3.05, 3.63) is 44.7 Å². The molecule has 0 atom stereocenters. The highest BCUT2D eigenvalue weighted by molar-refractivity contribution is 7.19. The van der Waals surface area contributed by atoms with Crippen molar-refractivity contribution in [1.82, 2.24) is 29.7 Å². The molecule has 17 heteroatoms. The summed E-state index contributed by atoms with van der Waals surface area (Å²) in [4.78, 5) is 57.2. The largest absolute Gasteiger partial charge is 0.504 e. The number of alkyl halides is 3. The van der Waals surface area contributed by atoms with Gasteiger partial charge in [0.2, 0.25) is 11.3 Å². The highest BCUT2D eigenvalue weighted by atomic mass is 32.1. The highest BCUT2D eigenvalue weighted by Gasteiger charge is 2.74. The lowest BCUT2D eigenvalue weighted by atomic mass is 9.68. The van der Waals surface area contributed by atoms with Gasteiger partial charge in [-0.05, 0) is 25.3 Å². The summed E-state index contributed by atoms with van der Waals surface area (Å²) in [5.74, 6) is -1.23. The van der Waals surface area contributed by atoms with Crippen LogP contribution in [0.15, 0.2) is 17.2 Å². The van der Waals surface area contributed by atoms with Crippen LogP contribution in [0.4, 0.5) is 18.9 Å². The number of carbonyl (C=O) groups is 2. The second-order valence-electron chi connectivity index (χ2n) is 12.7. The van der Waals surface area contributed by atoms with Gasteiger partial charge in [0.25, 0.3) is 5.91 Å². The van der Waals surface area contributed by atoms with Gasteiger partial charge in [0, 0.05) is 44.7 Å². The maximum Gasteiger partial charge on any atom is 0.417 e. The molecule has 3 saturated heterocycles. The number of hydrogen-bond acceptors (Lipinski definition) is 11. The first-order chi connectivity index (χ1) is 22.9. The first-order valence-corrected chi connectivity index (χ1v) is 16.6. The molecule has 256 valence electrons. The molecule has 48 heavy (non-hydrogen) atoms. The number of piperazine rings is 1. The van der Waals surface area contributed by atoms with Crippen LogP contribution in [0.3, 0.4) is 0 Å². The standard InChI is InChI=1S/C31H34F3N7O6S/c1-3-19-22(39-6-8-40(9-7-39)28(45)21-23(43)17(2)35-16-36-21)24(44)25-26(37-27(48-25)18-4-10-46-11-5-18)41(19)12-20(42)38-29-13-30(14-29,47-15-29)31(32,33)34/h4,16,43H,3,5-15H2,1-2H3,(H,38,42). The molecule has 0 radical (unpaired) electrons. The van der Waals surface area contributed by atoms with Gasteiger partial charge in [-0.15, -0.1) is 11.3 Å². The number of carbonyl (C=O) groups excluding carboxylic acids is 2. The number of halogens is 3. The Morgan fingerprint density at radius 3 is 2.56 bits per heavy atom. The van der Waals surface area contributed by atoms with Crippen molar-refractivity contribution < 1.29 is 37.3 Å². The van der Waals surface area contributed by atoms with E-state index in [1.807, 2.05) is 17.9 Å². The van der Waals surface area contributed by atoms with Crippen molar-refractivity contribution >= 4 is 44.8 Å². The van der Waals surface area contributed by atoms with E-state index in [4.69, 9.17) is 14.5 Å². The fourth-order valence-corrected chi connectivity index (χ4v) is 8.24. The molecule has 0 spiro atoms. The lowest BCUT2D eigenvalue weighted by Gasteiger charge is -2.45. The minimum absolute atomic E-state index is 0.0920. The van der Waals surface area contributed by atoms with Crippen LogP contribution in [-0.4, -0.2) is 105 Å². The van der Waals surface area contributed by atoms with Crippen LogP contribution in [0.2, 0.25) is 0 Å². The smallest absolute Gasteiger partial charge is 0.417 e. The van der Waals surface area contributed by atoms with Gasteiger partial charge >= 0.3 is 6.18 Å². The molecular weight excluding hydrogens is 655 g/mol. The number of ether oxygens (including phenoxy) is 2. The van der Waals surface area contributed by atoms with Crippen molar-refractivity contribution in [2.24, 2.45) is 0 Å². The van der Waals surface area contributed by atoms with E-state index in [0.717, 1.165) is 5.57 Å². The molecule has 4 fully saturated rings. The summed E-state index contributed by atoms with van der Waals surface area (Å²) >= 11 is 1.24. The van der Waals surface area contributed by atoms with E-state index >= 15 is 0 Å². The number of thiazole rings is 1. The summed E-state index contributed by atoms with van der Waals surface area (Å²) in [6.07, 6.45) is -1.10. The number of fused-ring (bicyclic) bond motifs is 2. The zero-order valence-corrected chi connectivity index (χ0v) is 27.2. The summed E-state index contributed by atoms with van der Waals surface area (Å²) < 4.78 is 53.4. The fraction of sp³-hybridized carbons (Fsp3) is 0.548. The second-order valence-corrected chi connectivity index (χ2v) is 13.7. The third-order valence-electron chi connectivity index (χ3n) is 9.64. The lowest BCUT2D eigenvalue weighted by Crippen LogP contribution is -2.64. The zero-order chi connectivity index (χ0) is 34.0. The van der Waals surface area contributed by atoms with Crippen LogP contribution >= 0.6 is 11.3 Å². The monoisotopic (exact) mass is 689 g/mol. The molecule has 2 amide bonds. The van der Waals surface area contributed by atoms with Gasteiger partial charge < -0.3 is 34.3 Å². The molecule has 1 saturated carbocycles. The number of rotatable bonds is 7. The Bertz CT molecular complexity index is 1890. The van der Waals surface area contributed by atoms with E-state index in [-0.39, 0.29) is 61.6 Å². The second kappa shape index (κ2) is 11.8. The number of pyridine rings is 1. The molecule has 8 rings (SSSR count). The number of amides is 2. The Labute approximate surface area is 276 Å². The molecular formula is C31H34F3N7O6S. The average molecular weight is 690 g/mol. The van der Waals surface area contributed by atoms with Crippen molar-refractivity contribution in [2.45, 2.75) is 63.4 Å². The lowest BCUT2D eigenvalue weighted by molar-refractivity contribution is -0.273. The maximum absolute atomic E-state index is 14.2. The highest BCUT2D eigenvalue weighted by Crippen LogP contribution is 2.59. The number of hydrogen-bond donors (Lipinski definition) is 2. The summed E-state index contributed by atoms with van der Waals surface area (Å²) in [7, 11) is 0. The zero-order valence-electron chi connectivity index (χ0n) is 26.4. The average Bonchev–Trinajstić information content (AvgIpc) is 3.77. The number of aromatic hydroxyl groups is 1. The first kappa shape index (κ1) is 32.5. The van der Waals surface area contributed by atoms with Crippen LogP contribution in [0.1, 0.15) is 53.1 Å². The summed E-state index contributed by atoms with van der Waals surface area (Å²) in [6.45, 7) is 4.96. The summed E-state index contributed by atoms with van der Waals surface area (Å²) in [6, 6.07) is 0. The molecule has 2 bridgehead atoms. The van der Waals surface area contributed by atoms with Crippen molar-refractivity contribution in [3.8, 4) is 5.75 Å². The topological polar surface area (TPSA) is 152 Å². The van der Waals surface area contributed by atoms with Crippen molar-refractivity contribution in [2.75, 3.05) is 50.9 Å². The van der Waals surface area contributed by atoms with E-state index in [1.165, 1.54) is 17.7 Å². The number of nitrogens with one attached hydrogen (secondary N) is 1. The predicted octanol–water partition coefficient (Wildman–Crippen LogP) is 2.57. The molecule has 0 unspecified atom stereocenters. The quantitative estimate of drug-likeness (QED) is 0.379. The van der Waals surface area contributed by atoms with Gasteiger partial charge in [-0.1, -0.05) is 13.0 Å². The van der Waals surface area contributed by atoms with E-state index in [9.17, 15) is 32.7 Å². The normalized spacial score (nSPS) is 24.1. The Balaban J connectivity index is 1.20. The maximum atomic E-state index is 14.2. The molecule has 0 aromatic carbocycles. The van der Waals surface area contributed by atoms with Gasteiger partial charge in [-0.25, -0.2) is 15.0 Å². The van der Waals surface area contributed by atoms with E-state index in [0.29, 0.717) is 65.9 Å². The van der Waals surface area contributed by atoms with Crippen LogP contribution in [-0.2, 0) is 27.2 Å². The molecule has 3 aromatic rings.